The zero-order chi connectivity index (χ0) is 13.8. The number of hydrogen-bond acceptors (Lipinski definition) is 2. The lowest BCUT2D eigenvalue weighted by Gasteiger charge is -2.18. The van der Waals surface area contributed by atoms with Gasteiger partial charge in [-0.3, -0.25) is 0 Å². The zero-order valence-electron chi connectivity index (χ0n) is 11.1. The van der Waals surface area contributed by atoms with Crippen LogP contribution in [0.1, 0.15) is 25.8 Å². The summed E-state index contributed by atoms with van der Waals surface area (Å²) in [6.07, 6.45) is 0.700. The second-order valence-corrected chi connectivity index (χ2v) is 8.00. The van der Waals surface area contributed by atoms with Gasteiger partial charge in [0.2, 0.25) is 10.0 Å². The molecule has 0 aliphatic carbocycles. The van der Waals surface area contributed by atoms with Crippen molar-refractivity contribution in [2.24, 2.45) is 5.92 Å². The summed E-state index contributed by atoms with van der Waals surface area (Å²) in [4.78, 5) is 0. The molecule has 102 valence electrons. The smallest absolute Gasteiger partial charge is 0.212 e. The Kier molecular flexibility index (Phi) is 5.82. The maximum absolute atomic E-state index is 12.0. The predicted octanol–water partition coefficient (Wildman–Crippen LogP) is 3.26. The number of halogens is 1. The van der Waals surface area contributed by atoms with E-state index in [-0.39, 0.29) is 5.75 Å². The van der Waals surface area contributed by atoms with Crippen LogP contribution in [0.25, 0.3) is 0 Å². The first kappa shape index (κ1) is 15.7. The lowest BCUT2D eigenvalue weighted by molar-refractivity contribution is 0.460. The van der Waals surface area contributed by atoms with Crippen LogP contribution in [0.5, 0.6) is 0 Å². The number of sulfonamides is 1. The van der Waals surface area contributed by atoms with Crippen LogP contribution in [0.3, 0.4) is 0 Å². The van der Waals surface area contributed by atoms with Gasteiger partial charge in [-0.05, 0) is 30.0 Å². The monoisotopic (exact) mass is 333 g/mol. The first-order valence-electron chi connectivity index (χ1n) is 5.99. The molecule has 0 aliphatic rings. The van der Waals surface area contributed by atoms with Crippen LogP contribution in [-0.4, -0.2) is 25.5 Å². The molecule has 0 radical (unpaired) electrons. The quantitative estimate of drug-likeness (QED) is 0.801. The maximum Gasteiger partial charge on any atom is 0.214 e. The van der Waals surface area contributed by atoms with Crippen LogP contribution in [0.4, 0.5) is 0 Å². The standard InChI is InChI=1S/C13H20BrNO2S/c1-11(2)7-8-18(16,17)15(3)10-12-5-4-6-13(14)9-12/h4-6,9,11H,7-8,10H2,1-3H3. The van der Waals surface area contributed by atoms with E-state index >= 15 is 0 Å². The van der Waals surface area contributed by atoms with Crippen molar-refractivity contribution in [3.05, 3.63) is 34.3 Å². The van der Waals surface area contributed by atoms with Crippen LogP contribution < -0.4 is 0 Å². The molecule has 0 aliphatic heterocycles. The Labute approximate surface area is 118 Å². The first-order chi connectivity index (χ1) is 8.31. The molecule has 0 heterocycles. The molecule has 1 aromatic carbocycles. The molecular weight excluding hydrogens is 314 g/mol. The van der Waals surface area contributed by atoms with Crippen LogP contribution in [0.15, 0.2) is 28.7 Å². The van der Waals surface area contributed by atoms with E-state index in [1.807, 2.05) is 38.1 Å². The molecule has 0 saturated carbocycles. The fourth-order valence-electron chi connectivity index (χ4n) is 1.53. The minimum atomic E-state index is -3.15. The topological polar surface area (TPSA) is 37.4 Å². The van der Waals surface area contributed by atoms with Gasteiger partial charge in [-0.2, -0.15) is 0 Å². The Morgan fingerprint density at radius 3 is 2.56 bits per heavy atom. The van der Waals surface area contributed by atoms with E-state index in [2.05, 4.69) is 15.9 Å². The van der Waals surface area contributed by atoms with E-state index in [0.717, 1.165) is 10.0 Å². The molecule has 0 fully saturated rings. The fourth-order valence-corrected chi connectivity index (χ4v) is 3.40. The van der Waals surface area contributed by atoms with Gasteiger partial charge in [0.1, 0.15) is 0 Å². The van der Waals surface area contributed by atoms with Crippen LogP contribution in [0, 0.1) is 5.92 Å². The third-order valence-corrected chi connectivity index (χ3v) is 5.05. The Balaban J connectivity index is 2.67. The van der Waals surface area contributed by atoms with Gasteiger partial charge in [0.25, 0.3) is 0 Å². The van der Waals surface area contributed by atoms with Crippen LogP contribution in [0.2, 0.25) is 0 Å². The van der Waals surface area contributed by atoms with Crippen molar-refractivity contribution in [3.8, 4) is 0 Å². The summed E-state index contributed by atoms with van der Waals surface area (Å²) in [6.45, 7) is 4.48. The Hall–Kier alpha value is -0.390. The summed E-state index contributed by atoms with van der Waals surface area (Å²) in [5, 5.41) is 0. The molecular formula is C13H20BrNO2S. The van der Waals surface area contributed by atoms with Crippen molar-refractivity contribution in [1.29, 1.82) is 0 Å². The number of benzene rings is 1. The Bertz CT molecular complexity index is 486. The minimum absolute atomic E-state index is 0.217. The van der Waals surface area contributed by atoms with Crippen molar-refractivity contribution in [2.45, 2.75) is 26.8 Å². The molecule has 5 heteroatoms. The molecule has 0 atom stereocenters. The average Bonchev–Trinajstić information content (AvgIpc) is 2.26. The lowest BCUT2D eigenvalue weighted by atomic mass is 10.2. The molecule has 0 bridgehead atoms. The molecule has 0 amide bonds. The summed E-state index contributed by atoms with van der Waals surface area (Å²) < 4.78 is 26.5. The van der Waals surface area contributed by atoms with Gasteiger partial charge >= 0.3 is 0 Å². The van der Waals surface area contributed by atoms with Crippen molar-refractivity contribution < 1.29 is 8.42 Å². The fraction of sp³-hybridized carbons (Fsp3) is 0.538. The van der Waals surface area contributed by atoms with Gasteiger partial charge in [-0.1, -0.05) is 41.9 Å². The van der Waals surface area contributed by atoms with Crippen LogP contribution >= 0.6 is 15.9 Å². The second kappa shape index (κ2) is 6.68. The third kappa shape index (κ3) is 5.08. The highest BCUT2D eigenvalue weighted by Gasteiger charge is 2.18. The van der Waals surface area contributed by atoms with E-state index in [9.17, 15) is 8.42 Å². The van der Waals surface area contributed by atoms with Crippen molar-refractivity contribution in [1.82, 2.24) is 4.31 Å². The molecule has 0 saturated heterocycles. The van der Waals surface area contributed by atoms with Gasteiger partial charge in [0.15, 0.2) is 0 Å². The molecule has 0 N–H and O–H groups in total. The predicted molar refractivity (Wildman–Crippen MR) is 78.9 cm³/mol. The van der Waals surface area contributed by atoms with E-state index in [0.29, 0.717) is 18.9 Å². The van der Waals surface area contributed by atoms with Crippen molar-refractivity contribution in [2.75, 3.05) is 12.8 Å². The third-order valence-electron chi connectivity index (χ3n) is 2.72. The normalized spacial score (nSPS) is 12.3. The van der Waals surface area contributed by atoms with Gasteiger partial charge in [-0.25, -0.2) is 12.7 Å². The first-order valence-corrected chi connectivity index (χ1v) is 8.40. The SMILES string of the molecule is CC(C)CCS(=O)(=O)N(C)Cc1cccc(Br)c1. The number of nitrogens with zero attached hydrogens (tertiary/aromatic N) is 1. The molecule has 18 heavy (non-hydrogen) atoms. The second-order valence-electron chi connectivity index (χ2n) is 4.88. The Morgan fingerprint density at radius 1 is 1.33 bits per heavy atom. The Morgan fingerprint density at radius 2 is 2.00 bits per heavy atom. The van der Waals surface area contributed by atoms with Gasteiger partial charge in [0.05, 0.1) is 5.75 Å². The summed E-state index contributed by atoms with van der Waals surface area (Å²) >= 11 is 3.38. The molecule has 0 unspecified atom stereocenters. The van der Waals surface area contributed by atoms with E-state index in [1.54, 1.807) is 7.05 Å². The van der Waals surface area contributed by atoms with Crippen LogP contribution in [-0.2, 0) is 16.6 Å². The molecule has 1 rings (SSSR count). The van der Waals surface area contributed by atoms with Gasteiger partial charge in [0, 0.05) is 18.1 Å². The lowest BCUT2D eigenvalue weighted by Crippen LogP contribution is -2.29. The van der Waals surface area contributed by atoms with Crippen molar-refractivity contribution in [3.63, 3.8) is 0 Å². The molecule has 0 spiro atoms. The van der Waals surface area contributed by atoms with Crippen molar-refractivity contribution >= 4 is 26.0 Å². The average molecular weight is 334 g/mol. The summed E-state index contributed by atoms with van der Waals surface area (Å²) in [6, 6.07) is 7.71. The maximum atomic E-state index is 12.0. The largest absolute Gasteiger partial charge is 0.214 e. The highest BCUT2D eigenvalue weighted by Crippen LogP contribution is 2.15. The number of hydrogen-bond donors (Lipinski definition) is 0. The summed E-state index contributed by atoms with van der Waals surface area (Å²) in [5.74, 6) is 0.619. The van der Waals surface area contributed by atoms with E-state index in [4.69, 9.17) is 0 Å². The minimum Gasteiger partial charge on any atom is -0.212 e. The van der Waals surface area contributed by atoms with Gasteiger partial charge in [-0.15, -0.1) is 0 Å². The molecule has 1 aromatic rings. The molecule has 3 nitrogen and oxygen atoms in total. The molecule has 0 aromatic heterocycles. The highest BCUT2D eigenvalue weighted by atomic mass is 79.9. The van der Waals surface area contributed by atoms with Gasteiger partial charge < -0.3 is 0 Å². The van der Waals surface area contributed by atoms with E-state index < -0.39 is 10.0 Å². The number of rotatable bonds is 6. The summed E-state index contributed by atoms with van der Waals surface area (Å²) in [7, 11) is -1.51. The van der Waals surface area contributed by atoms with E-state index in [1.165, 1.54) is 4.31 Å². The zero-order valence-corrected chi connectivity index (χ0v) is 13.5. The summed E-state index contributed by atoms with van der Waals surface area (Å²) in [5.41, 5.74) is 0.986. The highest BCUT2D eigenvalue weighted by molar-refractivity contribution is 9.10.